The summed E-state index contributed by atoms with van der Waals surface area (Å²) in [7, 11) is 1.48. The molecule has 0 saturated heterocycles. The number of rotatable bonds is 6. The SMILES string of the molecule is COc1cccc(/C(C)=C/CCNC(C)C)c1F. The fourth-order valence-corrected chi connectivity index (χ4v) is 1.74. The number of benzene rings is 1. The Morgan fingerprint density at radius 2 is 2.17 bits per heavy atom. The summed E-state index contributed by atoms with van der Waals surface area (Å²) in [5.41, 5.74) is 1.55. The maximum atomic E-state index is 14.0. The fourth-order valence-electron chi connectivity index (χ4n) is 1.74. The Morgan fingerprint density at radius 3 is 2.78 bits per heavy atom. The summed E-state index contributed by atoms with van der Waals surface area (Å²) in [5, 5.41) is 3.33. The van der Waals surface area contributed by atoms with Crippen molar-refractivity contribution in [1.82, 2.24) is 5.32 Å². The zero-order valence-electron chi connectivity index (χ0n) is 11.6. The van der Waals surface area contributed by atoms with E-state index in [1.54, 1.807) is 18.2 Å². The van der Waals surface area contributed by atoms with Gasteiger partial charge in [-0.05, 0) is 31.5 Å². The van der Waals surface area contributed by atoms with Gasteiger partial charge in [0.05, 0.1) is 7.11 Å². The van der Waals surface area contributed by atoms with Crippen LogP contribution in [0.1, 0.15) is 32.8 Å². The lowest BCUT2D eigenvalue weighted by Gasteiger charge is -2.09. The molecule has 1 aromatic rings. The van der Waals surface area contributed by atoms with Crippen molar-refractivity contribution in [2.45, 2.75) is 33.2 Å². The van der Waals surface area contributed by atoms with E-state index in [1.165, 1.54) is 7.11 Å². The molecule has 0 amide bonds. The van der Waals surface area contributed by atoms with Crippen LogP contribution < -0.4 is 10.1 Å². The van der Waals surface area contributed by atoms with Crippen molar-refractivity contribution >= 4 is 5.57 Å². The second-order valence-electron chi connectivity index (χ2n) is 4.61. The molecule has 100 valence electrons. The Morgan fingerprint density at radius 1 is 1.44 bits per heavy atom. The Hall–Kier alpha value is -1.35. The topological polar surface area (TPSA) is 21.3 Å². The van der Waals surface area contributed by atoms with Gasteiger partial charge in [-0.1, -0.05) is 32.1 Å². The summed E-state index contributed by atoms with van der Waals surface area (Å²) in [4.78, 5) is 0. The standard InChI is InChI=1S/C15H22FNO/c1-11(2)17-10-6-7-12(3)13-8-5-9-14(18-4)15(13)16/h5,7-9,11,17H,6,10H2,1-4H3/b12-7+. The summed E-state index contributed by atoms with van der Waals surface area (Å²) in [6, 6.07) is 5.69. The Kier molecular flexibility index (Phi) is 5.86. The zero-order chi connectivity index (χ0) is 13.5. The van der Waals surface area contributed by atoms with Gasteiger partial charge in [-0.15, -0.1) is 0 Å². The third-order valence-corrected chi connectivity index (χ3v) is 2.76. The van der Waals surface area contributed by atoms with Gasteiger partial charge in [0.15, 0.2) is 11.6 Å². The van der Waals surface area contributed by atoms with Crippen molar-refractivity contribution in [3.8, 4) is 5.75 Å². The van der Waals surface area contributed by atoms with E-state index in [0.717, 1.165) is 18.5 Å². The van der Waals surface area contributed by atoms with Crippen molar-refractivity contribution in [3.63, 3.8) is 0 Å². The largest absolute Gasteiger partial charge is 0.494 e. The predicted octanol–water partition coefficient (Wildman–Crippen LogP) is 3.63. The highest BCUT2D eigenvalue weighted by Gasteiger charge is 2.08. The minimum Gasteiger partial charge on any atom is -0.494 e. The van der Waals surface area contributed by atoms with Crippen LogP contribution in [0.25, 0.3) is 5.57 Å². The van der Waals surface area contributed by atoms with Gasteiger partial charge < -0.3 is 10.1 Å². The van der Waals surface area contributed by atoms with Gasteiger partial charge >= 0.3 is 0 Å². The first-order valence-corrected chi connectivity index (χ1v) is 6.29. The van der Waals surface area contributed by atoms with Crippen molar-refractivity contribution in [2.24, 2.45) is 0 Å². The predicted molar refractivity (Wildman–Crippen MR) is 74.4 cm³/mol. The molecule has 2 nitrogen and oxygen atoms in total. The molecule has 0 radical (unpaired) electrons. The number of halogens is 1. The molecule has 0 bridgehead atoms. The molecular weight excluding hydrogens is 229 g/mol. The molecule has 0 aliphatic heterocycles. The number of hydrogen-bond acceptors (Lipinski definition) is 2. The molecule has 0 spiro atoms. The van der Waals surface area contributed by atoms with Gasteiger partial charge in [0.1, 0.15) is 0 Å². The average molecular weight is 251 g/mol. The monoisotopic (exact) mass is 251 g/mol. The molecule has 0 atom stereocenters. The molecular formula is C15H22FNO. The minimum absolute atomic E-state index is 0.287. The van der Waals surface area contributed by atoms with Crippen LogP contribution in [0, 0.1) is 5.82 Å². The van der Waals surface area contributed by atoms with Gasteiger partial charge in [0.25, 0.3) is 0 Å². The van der Waals surface area contributed by atoms with Crippen LogP contribution in [0.3, 0.4) is 0 Å². The molecule has 1 rings (SSSR count). The van der Waals surface area contributed by atoms with Gasteiger partial charge in [0, 0.05) is 11.6 Å². The summed E-state index contributed by atoms with van der Waals surface area (Å²) in [5.74, 6) is 0.00567. The Bertz CT molecular complexity index is 413. The number of methoxy groups -OCH3 is 1. The lowest BCUT2D eigenvalue weighted by atomic mass is 10.1. The minimum atomic E-state index is -0.287. The van der Waals surface area contributed by atoms with Crippen LogP contribution in [0.15, 0.2) is 24.3 Å². The molecule has 1 aromatic carbocycles. The second-order valence-corrected chi connectivity index (χ2v) is 4.61. The van der Waals surface area contributed by atoms with Gasteiger partial charge in [0.2, 0.25) is 0 Å². The maximum absolute atomic E-state index is 14.0. The van der Waals surface area contributed by atoms with E-state index in [4.69, 9.17) is 4.74 Å². The van der Waals surface area contributed by atoms with Crippen LogP contribution in [-0.2, 0) is 0 Å². The Balaban J connectivity index is 2.71. The van der Waals surface area contributed by atoms with Crippen LogP contribution in [-0.4, -0.2) is 19.7 Å². The molecule has 0 aliphatic carbocycles. The highest BCUT2D eigenvalue weighted by Crippen LogP contribution is 2.25. The molecule has 0 fully saturated rings. The van der Waals surface area contributed by atoms with E-state index in [1.807, 2.05) is 13.0 Å². The molecule has 0 unspecified atom stereocenters. The third kappa shape index (κ3) is 4.15. The highest BCUT2D eigenvalue weighted by molar-refractivity contribution is 5.65. The second kappa shape index (κ2) is 7.17. The normalized spacial score (nSPS) is 12.0. The molecule has 18 heavy (non-hydrogen) atoms. The van der Waals surface area contributed by atoms with Gasteiger partial charge in [-0.25, -0.2) is 4.39 Å². The quantitative estimate of drug-likeness (QED) is 0.780. The number of ether oxygens (including phenoxy) is 1. The first kappa shape index (κ1) is 14.7. The Labute approximate surface area is 109 Å². The van der Waals surface area contributed by atoms with E-state index in [0.29, 0.717) is 17.4 Å². The van der Waals surface area contributed by atoms with E-state index in [-0.39, 0.29) is 5.82 Å². The van der Waals surface area contributed by atoms with Gasteiger partial charge in [-0.3, -0.25) is 0 Å². The molecule has 1 N–H and O–H groups in total. The highest BCUT2D eigenvalue weighted by atomic mass is 19.1. The molecule has 0 aliphatic rings. The maximum Gasteiger partial charge on any atom is 0.172 e. The van der Waals surface area contributed by atoms with Gasteiger partial charge in [-0.2, -0.15) is 0 Å². The lowest BCUT2D eigenvalue weighted by molar-refractivity contribution is 0.386. The lowest BCUT2D eigenvalue weighted by Crippen LogP contribution is -2.23. The first-order chi connectivity index (χ1) is 8.56. The van der Waals surface area contributed by atoms with Crippen molar-refractivity contribution in [2.75, 3.05) is 13.7 Å². The number of hydrogen-bond donors (Lipinski definition) is 1. The summed E-state index contributed by atoms with van der Waals surface area (Å²) >= 11 is 0. The molecule has 0 aromatic heterocycles. The summed E-state index contributed by atoms with van der Waals surface area (Å²) in [6.07, 6.45) is 2.94. The van der Waals surface area contributed by atoms with E-state index in [2.05, 4.69) is 19.2 Å². The number of allylic oxidation sites excluding steroid dienone is 1. The molecule has 3 heteroatoms. The molecule has 0 saturated carbocycles. The van der Waals surface area contributed by atoms with E-state index in [9.17, 15) is 4.39 Å². The average Bonchev–Trinajstić information content (AvgIpc) is 2.34. The fraction of sp³-hybridized carbons (Fsp3) is 0.467. The van der Waals surface area contributed by atoms with Crippen molar-refractivity contribution in [1.29, 1.82) is 0 Å². The third-order valence-electron chi connectivity index (χ3n) is 2.76. The van der Waals surface area contributed by atoms with Crippen LogP contribution >= 0.6 is 0 Å². The van der Waals surface area contributed by atoms with Crippen LogP contribution in [0.5, 0.6) is 5.75 Å². The van der Waals surface area contributed by atoms with Crippen molar-refractivity contribution in [3.05, 3.63) is 35.7 Å². The smallest absolute Gasteiger partial charge is 0.172 e. The number of nitrogens with one attached hydrogen (secondary N) is 1. The summed E-state index contributed by atoms with van der Waals surface area (Å²) < 4.78 is 19.0. The van der Waals surface area contributed by atoms with Crippen LogP contribution in [0.4, 0.5) is 4.39 Å². The zero-order valence-corrected chi connectivity index (χ0v) is 11.6. The van der Waals surface area contributed by atoms with Crippen molar-refractivity contribution < 1.29 is 9.13 Å². The first-order valence-electron chi connectivity index (χ1n) is 6.29. The van der Waals surface area contributed by atoms with E-state index >= 15 is 0 Å². The van der Waals surface area contributed by atoms with E-state index < -0.39 is 0 Å². The summed E-state index contributed by atoms with van der Waals surface area (Å²) in [6.45, 7) is 7.05. The molecule has 0 heterocycles. The van der Waals surface area contributed by atoms with Crippen LogP contribution in [0.2, 0.25) is 0 Å².